The van der Waals surface area contributed by atoms with Gasteiger partial charge in [0.25, 0.3) is 0 Å². The van der Waals surface area contributed by atoms with Gasteiger partial charge in [-0.3, -0.25) is 4.98 Å². The molecule has 19 heavy (non-hydrogen) atoms. The monoisotopic (exact) mass is 258 g/mol. The van der Waals surface area contributed by atoms with Crippen molar-refractivity contribution in [2.75, 3.05) is 7.05 Å². The van der Waals surface area contributed by atoms with Crippen molar-refractivity contribution in [1.29, 1.82) is 0 Å². The van der Waals surface area contributed by atoms with E-state index in [1.54, 1.807) is 0 Å². The van der Waals surface area contributed by atoms with Crippen molar-refractivity contribution in [3.63, 3.8) is 0 Å². The number of nitrogens with one attached hydrogen (secondary N) is 1. The lowest BCUT2D eigenvalue weighted by Crippen LogP contribution is -2.46. The van der Waals surface area contributed by atoms with Gasteiger partial charge in [-0.25, -0.2) is 0 Å². The number of likely N-dealkylation sites (N-methyl/N-ethyl adjacent to an activating group) is 1. The van der Waals surface area contributed by atoms with Gasteiger partial charge < -0.3 is 5.32 Å². The predicted octanol–water partition coefficient (Wildman–Crippen LogP) is 3.67. The molecule has 3 rings (SSSR count). The Balaban J connectivity index is 1.87. The third kappa shape index (κ3) is 2.31. The van der Waals surface area contributed by atoms with E-state index < -0.39 is 0 Å². The van der Waals surface area contributed by atoms with Gasteiger partial charge in [-0.15, -0.1) is 0 Å². The first-order chi connectivity index (χ1) is 9.24. The Hall–Kier alpha value is -0.890. The summed E-state index contributed by atoms with van der Waals surface area (Å²) < 4.78 is 0. The van der Waals surface area contributed by atoms with E-state index in [2.05, 4.69) is 31.4 Å². The second kappa shape index (κ2) is 5.24. The van der Waals surface area contributed by atoms with Crippen LogP contribution in [0.3, 0.4) is 0 Å². The maximum atomic E-state index is 4.70. The minimum atomic E-state index is 0.455. The maximum Gasteiger partial charge on any atom is 0.0482 e. The summed E-state index contributed by atoms with van der Waals surface area (Å²) in [6.45, 7) is 2.49. The molecule has 2 atom stereocenters. The molecule has 0 spiro atoms. The molecular formula is C17H26N2. The number of rotatable bonds is 3. The molecule has 1 fully saturated rings. The standard InChI is InChI=1S/C17H26N2/c1-17(10-4-3-5-11-17)16(18-2)14-9-8-13-7-6-12-19-15(13)14/h6-7,12,14,16,18H,3-5,8-11H2,1-2H3. The molecule has 2 nitrogen and oxygen atoms in total. The van der Waals surface area contributed by atoms with E-state index in [9.17, 15) is 0 Å². The van der Waals surface area contributed by atoms with Crippen LogP contribution in [0.1, 0.15) is 62.6 Å². The molecule has 0 bridgehead atoms. The van der Waals surface area contributed by atoms with Gasteiger partial charge in [0.1, 0.15) is 0 Å². The van der Waals surface area contributed by atoms with Gasteiger partial charge in [0.05, 0.1) is 0 Å². The van der Waals surface area contributed by atoms with Crippen molar-refractivity contribution in [3.05, 3.63) is 29.6 Å². The summed E-state index contributed by atoms with van der Waals surface area (Å²) in [7, 11) is 2.14. The van der Waals surface area contributed by atoms with Crippen LogP contribution in [-0.4, -0.2) is 18.1 Å². The summed E-state index contributed by atoms with van der Waals surface area (Å²) in [5, 5.41) is 3.66. The fourth-order valence-corrected chi connectivity index (χ4v) is 4.47. The number of aryl methyl sites for hydroxylation is 1. The maximum absolute atomic E-state index is 4.70. The van der Waals surface area contributed by atoms with Gasteiger partial charge in [0.15, 0.2) is 0 Å². The second-order valence-electron chi connectivity index (χ2n) is 6.67. The number of hydrogen-bond acceptors (Lipinski definition) is 2. The van der Waals surface area contributed by atoms with Gasteiger partial charge in [0.2, 0.25) is 0 Å². The molecular weight excluding hydrogens is 232 g/mol. The zero-order chi connectivity index (χ0) is 13.3. The quantitative estimate of drug-likeness (QED) is 0.895. The normalized spacial score (nSPS) is 26.9. The van der Waals surface area contributed by atoms with E-state index in [4.69, 9.17) is 4.98 Å². The largest absolute Gasteiger partial charge is 0.316 e. The molecule has 1 saturated carbocycles. The van der Waals surface area contributed by atoms with Crippen LogP contribution < -0.4 is 5.32 Å². The SMILES string of the molecule is CNC(C1CCc2cccnc21)C1(C)CCCCC1. The van der Waals surface area contributed by atoms with E-state index in [1.807, 2.05) is 6.20 Å². The molecule has 2 aliphatic rings. The topological polar surface area (TPSA) is 24.9 Å². The fourth-order valence-electron chi connectivity index (χ4n) is 4.47. The van der Waals surface area contributed by atoms with Crippen molar-refractivity contribution in [2.24, 2.45) is 5.41 Å². The summed E-state index contributed by atoms with van der Waals surface area (Å²) in [5.74, 6) is 0.615. The lowest BCUT2D eigenvalue weighted by atomic mass is 9.66. The van der Waals surface area contributed by atoms with Gasteiger partial charge in [-0.05, 0) is 49.8 Å². The zero-order valence-electron chi connectivity index (χ0n) is 12.3. The van der Waals surface area contributed by atoms with Crippen LogP contribution in [0.15, 0.2) is 18.3 Å². The summed E-state index contributed by atoms with van der Waals surface area (Å²) in [6.07, 6.45) is 11.4. The molecule has 2 heteroatoms. The molecule has 2 aliphatic carbocycles. The van der Waals surface area contributed by atoms with Crippen LogP contribution in [0, 0.1) is 5.41 Å². The lowest BCUT2D eigenvalue weighted by molar-refractivity contribution is 0.129. The zero-order valence-corrected chi connectivity index (χ0v) is 12.3. The highest BCUT2D eigenvalue weighted by Gasteiger charge is 2.42. The van der Waals surface area contributed by atoms with Crippen molar-refractivity contribution in [2.45, 2.75) is 63.8 Å². The molecule has 0 saturated heterocycles. The average Bonchev–Trinajstić information content (AvgIpc) is 2.84. The van der Waals surface area contributed by atoms with Crippen LogP contribution in [0.2, 0.25) is 0 Å². The molecule has 104 valence electrons. The number of fused-ring (bicyclic) bond motifs is 1. The first-order valence-electron chi connectivity index (χ1n) is 7.86. The minimum absolute atomic E-state index is 0.455. The molecule has 2 unspecified atom stereocenters. The smallest absolute Gasteiger partial charge is 0.0482 e. The Bertz CT molecular complexity index is 435. The molecule has 0 aromatic carbocycles. The van der Waals surface area contributed by atoms with Crippen molar-refractivity contribution in [3.8, 4) is 0 Å². The summed E-state index contributed by atoms with van der Waals surface area (Å²) >= 11 is 0. The molecule has 1 aromatic heterocycles. The molecule has 1 aromatic rings. The Labute approximate surface area is 117 Å². The van der Waals surface area contributed by atoms with E-state index >= 15 is 0 Å². The predicted molar refractivity (Wildman–Crippen MR) is 79.3 cm³/mol. The van der Waals surface area contributed by atoms with Crippen LogP contribution >= 0.6 is 0 Å². The number of aromatic nitrogens is 1. The minimum Gasteiger partial charge on any atom is -0.316 e. The van der Waals surface area contributed by atoms with Crippen LogP contribution in [0.25, 0.3) is 0 Å². The third-order valence-corrected chi connectivity index (χ3v) is 5.46. The lowest BCUT2D eigenvalue weighted by Gasteiger charge is -2.43. The van der Waals surface area contributed by atoms with Crippen molar-refractivity contribution in [1.82, 2.24) is 10.3 Å². The highest BCUT2D eigenvalue weighted by atomic mass is 14.9. The van der Waals surface area contributed by atoms with Crippen molar-refractivity contribution >= 4 is 0 Å². The Kier molecular flexibility index (Phi) is 3.62. The van der Waals surface area contributed by atoms with Crippen molar-refractivity contribution < 1.29 is 0 Å². The van der Waals surface area contributed by atoms with Gasteiger partial charge in [0, 0.05) is 23.9 Å². The molecule has 0 aliphatic heterocycles. The number of hydrogen-bond donors (Lipinski definition) is 1. The molecule has 1 heterocycles. The van der Waals surface area contributed by atoms with E-state index in [0.29, 0.717) is 17.4 Å². The highest BCUT2D eigenvalue weighted by Crippen LogP contribution is 2.46. The second-order valence-corrected chi connectivity index (χ2v) is 6.67. The van der Waals surface area contributed by atoms with Crippen LogP contribution in [0.4, 0.5) is 0 Å². The highest BCUT2D eigenvalue weighted by molar-refractivity contribution is 5.30. The van der Waals surface area contributed by atoms with Crippen LogP contribution in [0.5, 0.6) is 0 Å². The Morgan fingerprint density at radius 1 is 1.32 bits per heavy atom. The molecule has 1 N–H and O–H groups in total. The average molecular weight is 258 g/mol. The third-order valence-electron chi connectivity index (χ3n) is 5.46. The summed E-state index contributed by atoms with van der Waals surface area (Å²) in [4.78, 5) is 4.70. The Morgan fingerprint density at radius 3 is 2.84 bits per heavy atom. The number of pyridine rings is 1. The summed E-state index contributed by atoms with van der Waals surface area (Å²) in [6, 6.07) is 4.93. The van der Waals surface area contributed by atoms with E-state index in [-0.39, 0.29) is 0 Å². The molecule has 0 radical (unpaired) electrons. The Morgan fingerprint density at radius 2 is 2.11 bits per heavy atom. The van der Waals surface area contributed by atoms with Gasteiger partial charge in [-0.1, -0.05) is 32.3 Å². The first kappa shape index (κ1) is 13.1. The van der Waals surface area contributed by atoms with E-state index in [1.165, 1.54) is 56.2 Å². The van der Waals surface area contributed by atoms with E-state index in [0.717, 1.165) is 0 Å². The van der Waals surface area contributed by atoms with Gasteiger partial charge in [-0.2, -0.15) is 0 Å². The van der Waals surface area contributed by atoms with Gasteiger partial charge >= 0.3 is 0 Å². The fraction of sp³-hybridized carbons (Fsp3) is 0.706. The summed E-state index contributed by atoms with van der Waals surface area (Å²) in [5.41, 5.74) is 3.30. The first-order valence-corrected chi connectivity index (χ1v) is 7.86. The van der Waals surface area contributed by atoms with Crippen LogP contribution in [-0.2, 0) is 6.42 Å². The molecule has 0 amide bonds. The number of nitrogens with zero attached hydrogens (tertiary/aromatic N) is 1.